The van der Waals surface area contributed by atoms with Crippen LogP contribution >= 0.6 is 45.3 Å². The molecule has 2 unspecified atom stereocenters. The fraction of sp³-hybridized carbons (Fsp3) is 0.500. The van der Waals surface area contributed by atoms with Gasteiger partial charge in [-0.15, -0.1) is 45.3 Å². The molecule has 4 nitrogen and oxygen atoms in total. The van der Waals surface area contributed by atoms with Crippen LogP contribution in [0.4, 0.5) is 0 Å². The molecular formula is C52H68N2O2S4. The second-order valence-electron chi connectivity index (χ2n) is 17.0. The summed E-state index contributed by atoms with van der Waals surface area (Å²) in [6.07, 6.45) is 27.0. The number of rotatable bonds is 26. The van der Waals surface area contributed by atoms with Crippen LogP contribution in [-0.2, 0) is 9.59 Å². The lowest BCUT2D eigenvalue weighted by Gasteiger charge is -2.27. The smallest absolute Gasteiger partial charge is 0.260 e. The zero-order valence-corrected chi connectivity index (χ0v) is 40.4. The Morgan fingerprint density at radius 3 is 1.32 bits per heavy atom. The largest absolute Gasteiger partial charge is 0.305 e. The molecule has 0 saturated carbocycles. The lowest BCUT2D eigenvalue weighted by atomic mass is 9.94. The minimum absolute atomic E-state index is 0.0423. The summed E-state index contributed by atoms with van der Waals surface area (Å²) in [5.41, 5.74) is 3.01. The Morgan fingerprint density at radius 1 is 0.450 bits per heavy atom. The summed E-state index contributed by atoms with van der Waals surface area (Å²) in [7, 11) is 0. The maximum absolute atomic E-state index is 15.1. The first-order valence-corrected chi connectivity index (χ1v) is 26.3. The molecule has 2 aliphatic rings. The molecule has 0 aromatic carbocycles. The van der Waals surface area contributed by atoms with Crippen LogP contribution in [0.15, 0.2) is 83.2 Å². The van der Waals surface area contributed by atoms with Crippen molar-refractivity contribution in [1.29, 1.82) is 0 Å². The monoisotopic (exact) mass is 880 g/mol. The molecule has 2 amide bonds. The van der Waals surface area contributed by atoms with Gasteiger partial charge in [0.1, 0.15) is 0 Å². The highest BCUT2D eigenvalue weighted by Gasteiger charge is 2.47. The number of amides is 2. The van der Waals surface area contributed by atoms with Crippen LogP contribution in [0.1, 0.15) is 150 Å². The summed E-state index contributed by atoms with van der Waals surface area (Å²) in [5, 5.41) is 0. The molecule has 0 bridgehead atoms. The van der Waals surface area contributed by atoms with Crippen molar-refractivity contribution in [3.63, 3.8) is 0 Å². The number of thiophene rings is 4. The number of unbranched alkanes of at least 4 members (excludes halogenated alkanes) is 8. The maximum Gasteiger partial charge on any atom is 0.260 e. The Bertz CT molecular complexity index is 2140. The second-order valence-corrected chi connectivity index (χ2v) is 21.8. The van der Waals surface area contributed by atoms with Gasteiger partial charge >= 0.3 is 0 Å². The molecule has 2 aliphatic heterocycles. The van der Waals surface area contributed by atoms with Crippen LogP contribution in [0.25, 0.3) is 31.7 Å². The molecule has 8 heteroatoms. The Hall–Kier alpha value is -3.30. The fourth-order valence-corrected chi connectivity index (χ4v) is 12.4. The van der Waals surface area contributed by atoms with Crippen LogP contribution in [0.2, 0.25) is 0 Å². The molecule has 0 aliphatic carbocycles. The topological polar surface area (TPSA) is 40.6 Å². The quantitative estimate of drug-likeness (QED) is 0.0590. The molecular weight excluding hydrogens is 813 g/mol. The van der Waals surface area contributed by atoms with E-state index in [0.717, 1.165) is 72.5 Å². The third kappa shape index (κ3) is 12.0. The van der Waals surface area contributed by atoms with Crippen molar-refractivity contribution in [1.82, 2.24) is 9.80 Å². The van der Waals surface area contributed by atoms with Gasteiger partial charge in [0, 0.05) is 52.1 Å². The van der Waals surface area contributed by atoms with Crippen LogP contribution < -0.4 is 0 Å². The van der Waals surface area contributed by atoms with E-state index >= 15 is 4.79 Å². The van der Waals surface area contributed by atoms with Gasteiger partial charge in [-0.05, 0) is 124 Å². The van der Waals surface area contributed by atoms with Crippen LogP contribution in [-0.4, -0.2) is 34.7 Å². The van der Waals surface area contributed by atoms with Crippen molar-refractivity contribution < 1.29 is 9.59 Å². The lowest BCUT2D eigenvalue weighted by molar-refractivity contribution is -0.125. The SMILES string of the molecule is CCCCCCC(CCCC)CN1C(=O)C(/C=C/c2ccc(-c3ccc(-c4ccc(C)s4)s3)s2)=C2C1=C(/C=C/c1ccc(C)s1)C(=O)N2CC(CCCC)CCCCCC. The fourth-order valence-electron chi connectivity index (χ4n) is 8.64. The summed E-state index contributed by atoms with van der Waals surface area (Å²) in [5.74, 6) is 0.868. The highest BCUT2D eigenvalue weighted by atomic mass is 32.1. The van der Waals surface area contributed by atoms with E-state index in [2.05, 4.69) is 102 Å². The molecule has 6 rings (SSSR count). The Morgan fingerprint density at radius 2 is 0.850 bits per heavy atom. The maximum atomic E-state index is 15.1. The van der Waals surface area contributed by atoms with E-state index in [1.54, 1.807) is 22.7 Å². The van der Waals surface area contributed by atoms with Gasteiger partial charge in [-0.3, -0.25) is 9.59 Å². The highest BCUT2D eigenvalue weighted by Crippen LogP contribution is 2.45. The number of hydrogen-bond donors (Lipinski definition) is 0. The van der Waals surface area contributed by atoms with E-state index in [9.17, 15) is 4.79 Å². The molecule has 6 heterocycles. The summed E-state index contributed by atoms with van der Waals surface area (Å²) in [4.78, 5) is 44.1. The molecule has 322 valence electrons. The minimum Gasteiger partial charge on any atom is -0.305 e. The molecule has 60 heavy (non-hydrogen) atoms. The highest BCUT2D eigenvalue weighted by molar-refractivity contribution is 7.26. The zero-order chi connectivity index (χ0) is 42.4. The Labute approximate surface area is 377 Å². The van der Waals surface area contributed by atoms with E-state index < -0.39 is 0 Å². The predicted octanol–water partition coefficient (Wildman–Crippen LogP) is 16.4. The van der Waals surface area contributed by atoms with Crippen molar-refractivity contribution in [3.8, 4) is 19.5 Å². The van der Waals surface area contributed by atoms with Crippen molar-refractivity contribution in [2.75, 3.05) is 13.1 Å². The first kappa shape index (κ1) is 46.2. The molecule has 2 atom stereocenters. The summed E-state index contributed by atoms with van der Waals surface area (Å²) in [6, 6.07) is 17.5. The summed E-state index contributed by atoms with van der Waals surface area (Å²) in [6.45, 7) is 14.6. The van der Waals surface area contributed by atoms with Gasteiger partial charge in [-0.2, -0.15) is 0 Å². The van der Waals surface area contributed by atoms with Crippen molar-refractivity contribution in [2.45, 2.75) is 144 Å². The first-order chi connectivity index (χ1) is 29.2. The van der Waals surface area contributed by atoms with Gasteiger partial charge in [0.2, 0.25) is 0 Å². The van der Waals surface area contributed by atoms with Gasteiger partial charge in [0.05, 0.1) is 22.5 Å². The van der Waals surface area contributed by atoms with Gasteiger partial charge in [-0.1, -0.05) is 105 Å². The van der Waals surface area contributed by atoms with Gasteiger partial charge in [0.15, 0.2) is 0 Å². The van der Waals surface area contributed by atoms with E-state index in [4.69, 9.17) is 0 Å². The van der Waals surface area contributed by atoms with Crippen molar-refractivity contribution in [3.05, 3.63) is 103 Å². The molecule has 4 aromatic rings. The van der Waals surface area contributed by atoms with E-state index in [1.807, 2.05) is 44.6 Å². The standard InChI is InChI=1S/C52H68N2O2S4/c1-7-11-15-17-21-39(19-13-9-3)35-53-49-43(29-26-41-25-23-37(5)57-41)51(55)54(36-40(20-14-10-4)22-18-16-12-8-2)50(49)44(52(53)56)30-27-42-28-32-46(59-42)48-34-33-47(60-48)45-31-24-38(6)58-45/h23-34,39-40H,7-22,35-36H2,1-6H3/b29-26+,30-27+. The molecule has 0 N–H and O–H groups in total. The third-order valence-electron chi connectivity index (χ3n) is 12.0. The number of carbonyl (C=O) groups excluding carboxylic acids is 2. The van der Waals surface area contributed by atoms with E-state index in [0.29, 0.717) is 36.1 Å². The van der Waals surface area contributed by atoms with Gasteiger partial charge in [-0.25, -0.2) is 0 Å². The number of hydrogen-bond acceptors (Lipinski definition) is 6. The van der Waals surface area contributed by atoms with Gasteiger partial charge < -0.3 is 9.80 Å². The number of carbonyl (C=O) groups is 2. The van der Waals surface area contributed by atoms with Crippen molar-refractivity contribution >= 4 is 69.3 Å². The normalized spacial score (nSPS) is 15.6. The molecule has 0 radical (unpaired) electrons. The predicted molar refractivity (Wildman–Crippen MR) is 264 cm³/mol. The lowest BCUT2D eigenvalue weighted by Crippen LogP contribution is -2.32. The van der Waals surface area contributed by atoms with Crippen LogP contribution in [0.5, 0.6) is 0 Å². The van der Waals surface area contributed by atoms with Gasteiger partial charge in [0.25, 0.3) is 11.8 Å². The zero-order valence-electron chi connectivity index (χ0n) is 37.2. The second kappa shape index (κ2) is 23.2. The average molecular weight is 881 g/mol. The number of aryl methyl sites for hydroxylation is 2. The number of fused-ring (bicyclic) bond motifs is 1. The summed E-state index contributed by atoms with van der Waals surface area (Å²) < 4.78 is 0. The first-order valence-electron chi connectivity index (χ1n) is 23.1. The Kier molecular flexibility index (Phi) is 17.9. The molecule has 0 saturated heterocycles. The third-order valence-corrected chi connectivity index (χ3v) is 16.5. The van der Waals surface area contributed by atoms with Crippen LogP contribution in [0, 0.1) is 25.7 Å². The minimum atomic E-state index is 0.0423. The molecule has 0 spiro atoms. The Balaban J connectivity index is 1.39. The van der Waals surface area contributed by atoms with Crippen molar-refractivity contribution in [2.24, 2.45) is 11.8 Å². The summed E-state index contributed by atoms with van der Waals surface area (Å²) >= 11 is 7.18. The van der Waals surface area contributed by atoms with Crippen LogP contribution in [0.3, 0.4) is 0 Å². The van der Waals surface area contributed by atoms with E-state index in [1.165, 1.54) is 80.6 Å². The van der Waals surface area contributed by atoms with E-state index in [-0.39, 0.29) is 11.8 Å². The molecule has 4 aromatic heterocycles. The molecule has 0 fully saturated rings. The number of nitrogens with zero attached hydrogens (tertiary/aromatic N) is 2. The average Bonchev–Trinajstić information content (AvgIpc) is 4.11.